The first-order valence-corrected chi connectivity index (χ1v) is 8.16. The Hall–Kier alpha value is -2.06. The highest BCUT2D eigenvalue weighted by molar-refractivity contribution is 9.10. The molecule has 0 aliphatic rings. The summed E-state index contributed by atoms with van der Waals surface area (Å²) in [6.45, 7) is 0.747. The van der Waals surface area contributed by atoms with Crippen molar-refractivity contribution in [1.29, 1.82) is 0 Å². The maximum atomic E-state index is 13.5. The molecular formula is C17H16BrF3N2O2. The number of rotatable bonds is 7. The van der Waals surface area contributed by atoms with Crippen LogP contribution in [0.4, 0.5) is 18.9 Å². The van der Waals surface area contributed by atoms with E-state index in [1.54, 1.807) is 11.9 Å². The third-order valence-corrected chi connectivity index (χ3v) is 3.81. The first kappa shape index (κ1) is 19.3. The van der Waals surface area contributed by atoms with E-state index in [-0.39, 0.29) is 6.54 Å². The van der Waals surface area contributed by atoms with Gasteiger partial charge in [-0.2, -0.15) is 0 Å². The van der Waals surface area contributed by atoms with Gasteiger partial charge in [-0.15, -0.1) is 0 Å². The van der Waals surface area contributed by atoms with Crippen molar-refractivity contribution in [1.82, 2.24) is 4.90 Å². The second-order valence-electron chi connectivity index (χ2n) is 5.31. The van der Waals surface area contributed by atoms with Gasteiger partial charge in [-0.3, -0.25) is 9.69 Å². The van der Waals surface area contributed by atoms with Crippen molar-refractivity contribution in [2.45, 2.75) is 0 Å². The summed E-state index contributed by atoms with van der Waals surface area (Å²) in [5.41, 5.74) is -0.400. The predicted molar refractivity (Wildman–Crippen MR) is 92.1 cm³/mol. The zero-order valence-corrected chi connectivity index (χ0v) is 14.9. The molecule has 0 saturated heterocycles. The number of hydrogen-bond donors (Lipinski definition) is 1. The van der Waals surface area contributed by atoms with E-state index in [1.165, 1.54) is 0 Å². The van der Waals surface area contributed by atoms with E-state index < -0.39 is 29.0 Å². The van der Waals surface area contributed by atoms with Crippen LogP contribution in [-0.2, 0) is 4.79 Å². The van der Waals surface area contributed by atoms with E-state index in [1.807, 2.05) is 24.3 Å². The number of carbonyl (C=O) groups is 1. The van der Waals surface area contributed by atoms with Gasteiger partial charge in [-0.05, 0) is 43.4 Å². The molecule has 0 radical (unpaired) electrons. The molecule has 0 spiro atoms. The highest BCUT2D eigenvalue weighted by Crippen LogP contribution is 2.19. The quantitative estimate of drug-likeness (QED) is 0.697. The summed E-state index contributed by atoms with van der Waals surface area (Å²) in [6, 6.07) is 9.04. The summed E-state index contributed by atoms with van der Waals surface area (Å²) < 4.78 is 46.0. The van der Waals surface area contributed by atoms with Gasteiger partial charge in [0.25, 0.3) is 0 Å². The number of amides is 1. The fourth-order valence-electron chi connectivity index (χ4n) is 1.99. The summed E-state index contributed by atoms with van der Waals surface area (Å²) in [7, 11) is 1.69. The Bertz CT molecular complexity index is 741. The molecule has 1 amide bonds. The monoisotopic (exact) mass is 416 g/mol. The molecule has 0 bridgehead atoms. The molecule has 0 fully saturated rings. The summed E-state index contributed by atoms with van der Waals surface area (Å²) in [6.07, 6.45) is 0. The zero-order chi connectivity index (χ0) is 18.4. The lowest BCUT2D eigenvalue weighted by molar-refractivity contribution is -0.117. The second-order valence-corrected chi connectivity index (χ2v) is 6.23. The number of nitrogens with one attached hydrogen (secondary N) is 1. The maximum Gasteiger partial charge on any atom is 0.238 e. The van der Waals surface area contributed by atoms with Gasteiger partial charge in [0.05, 0.1) is 12.2 Å². The number of anilines is 1. The maximum absolute atomic E-state index is 13.5. The second kappa shape index (κ2) is 8.87. The topological polar surface area (TPSA) is 41.6 Å². The van der Waals surface area contributed by atoms with Crippen LogP contribution in [0.1, 0.15) is 0 Å². The Labute approximate surface area is 151 Å². The average molecular weight is 417 g/mol. The molecule has 0 aliphatic heterocycles. The molecule has 25 heavy (non-hydrogen) atoms. The van der Waals surface area contributed by atoms with Crippen LogP contribution in [-0.4, -0.2) is 37.6 Å². The molecule has 134 valence electrons. The number of carbonyl (C=O) groups excluding carboxylic acids is 1. The highest BCUT2D eigenvalue weighted by atomic mass is 79.9. The third-order valence-electron chi connectivity index (χ3n) is 3.28. The van der Waals surface area contributed by atoms with Crippen LogP contribution in [0.15, 0.2) is 40.9 Å². The van der Waals surface area contributed by atoms with E-state index in [0.29, 0.717) is 18.9 Å². The van der Waals surface area contributed by atoms with E-state index in [9.17, 15) is 18.0 Å². The average Bonchev–Trinajstić information content (AvgIpc) is 2.57. The lowest BCUT2D eigenvalue weighted by Gasteiger charge is -2.17. The Kier molecular flexibility index (Phi) is 6.83. The smallest absolute Gasteiger partial charge is 0.238 e. The molecule has 4 nitrogen and oxygen atoms in total. The minimum Gasteiger partial charge on any atom is -0.492 e. The fraction of sp³-hybridized carbons (Fsp3) is 0.235. The first-order valence-electron chi connectivity index (χ1n) is 7.37. The molecule has 2 aromatic carbocycles. The van der Waals surface area contributed by atoms with Crippen LogP contribution < -0.4 is 10.1 Å². The Balaban J connectivity index is 1.78. The number of hydrogen-bond acceptors (Lipinski definition) is 3. The summed E-state index contributed by atoms with van der Waals surface area (Å²) in [5, 5.41) is 2.22. The molecule has 0 heterocycles. The van der Waals surface area contributed by atoms with Crippen LogP contribution in [0.5, 0.6) is 5.75 Å². The largest absolute Gasteiger partial charge is 0.492 e. The number of halogens is 4. The Morgan fingerprint density at radius 2 is 1.80 bits per heavy atom. The normalized spacial score (nSPS) is 10.8. The molecule has 0 unspecified atom stereocenters. The van der Waals surface area contributed by atoms with E-state index in [2.05, 4.69) is 21.2 Å². The Morgan fingerprint density at radius 1 is 1.12 bits per heavy atom. The molecular weight excluding hydrogens is 401 g/mol. The molecule has 2 rings (SSSR count). The minimum absolute atomic E-state index is 0.0534. The van der Waals surface area contributed by atoms with E-state index in [0.717, 1.165) is 16.6 Å². The lowest BCUT2D eigenvalue weighted by atomic mass is 10.2. The summed E-state index contributed by atoms with van der Waals surface area (Å²) in [5.74, 6) is -4.19. The molecule has 0 aromatic heterocycles. The highest BCUT2D eigenvalue weighted by Gasteiger charge is 2.15. The Morgan fingerprint density at radius 3 is 2.48 bits per heavy atom. The van der Waals surface area contributed by atoms with Crippen LogP contribution in [0.25, 0.3) is 0 Å². The van der Waals surface area contributed by atoms with Crippen molar-refractivity contribution < 1.29 is 22.7 Å². The molecule has 2 aromatic rings. The van der Waals surface area contributed by atoms with Gasteiger partial charge < -0.3 is 10.1 Å². The number of ether oxygens (including phenoxy) is 1. The standard InChI is InChI=1S/C17H16BrF3N2O2/c1-23(8-9-25-12-4-2-11(18)3-5-12)10-15(24)22-14-7-6-13(19)16(20)17(14)21/h2-7H,8-10H2,1H3,(H,22,24). The molecule has 1 N–H and O–H groups in total. The predicted octanol–water partition coefficient (Wildman–Crippen LogP) is 3.82. The SMILES string of the molecule is CN(CCOc1ccc(Br)cc1)CC(=O)Nc1ccc(F)c(F)c1F. The van der Waals surface area contributed by atoms with Crippen molar-refractivity contribution in [3.8, 4) is 5.75 Å². The van der Waals surface area contributed by atoms with Gasteiger partial charge in [0.2, 0.25) is 5.91 Å². The van der Waals surface area contributed by atoms with Crippen LogP contribution in [0.3, 0.4) is 0 Å². The number of likely N-dealkylation sites (N-methyl/N-ethyl adjacent to an activating group) is 1. The number of benzene rings is 2. The molecule has 0 saturated carbocycles. The molecule has 0 atom stereocenters. The van der Waals surface area contributed by atoms with Crippen LogP contribution >= 0.6 is 15.9 Å². The minimum atomic E-state index is -1.62. The van der Waals surface area contributed by atoms with Gasteiger partial charge >= 0.3 is 0 Å². The summed E-state index contributed by atoms with van der Waals surface area (Å²) >= 11 is 3.33. The fourth-order valence-corrected chi connectivity index (χ4v) is 2.25. The van der Waals surface area contributed by atoms with Crippen molar-refractivity contribution in [3.05, 3.63) is 58.3 Å². The van der Waals surface area contributed by atoms with E-state index in [4.69, 9.17) is 4.74 Å². The first-order chi connectivity index (χ1) is 11.9. The zero-order valence-electron chi connectivity index (χ0n) is 13.4. The summed E-state index contributed by atoms with van der Waals surface area (Å²) in [4.78, 5) is 13.5. The van der Waals surface area contributed by atoms with Gasteiger partial charge in [0, 0.05) is 11.0 Å². The molecule has 0 aliphatic carbocycles. The van der Waals surface area contributed by atoms with Crippen molar-refractivity contribution in [3.63, 3.8) is 0 Å². The lowest BCUT2D eigenvalue weighted by Crippen LogP contribution is -2.33. The number of nitrogens with zero attached hydrogens (tertiary/aromatic N) is 1. The van der Waals surface area contributed by atoms with Gasteiger partial charge in [0.15, 0.2) is 17.5 Å². The van der Waals surface area contributed by atoms with Crippen molar-refractivity contribution in [2.75, 3.05) is 32.1 Å². The third kappa shape index (κ3) is 5.75. The van der Waals surface area contributed by atoms with Gasteiger partial charge in [-0.1, -0.05) is 15.9 Å². The van der Waals surface area contributed by atoms with Crippen LogP contribution in [0, 0.1) is 17.5 Å². The van der Waals surface area contributed by atoms with E-state index >= 15 is 0 Å². The van der Waals surface area contributed by atoms with Crippen molar-refractivity contribution >= 4 is 27.5 Å². The van der Waals surface area contributed by atoms with Gasteiger partial charge in [-0.25, -0.2) is 13.2 Å². The van der Waals surface area contributed by atoms with Crippen LogP contribution in [0.2, 0.25) is 0 Å². The molecule has 8 heteroatoms. The van der Waals surface area contributed by atoms with Gasteiger partial charge in [0.1, 0.15) is 12.4 Å². The van der Waals surface area contributed by atoms with Crippen molar-refractivity contribution in [2.24, 2.45) is 0 Å².